The number of hydrogen-bond donors (Lipinski definition) is 1. The Hall–Kier alpha value is -2.15. The molecule has 1 aliphatic heterocycles. The van der Waals surface area contributed by atoms with Crippen LogP contribution in [0.3, 0.4) is 0 Å². The van der Waals surface area contributed by atoms with E-state index >= 15 is 0 Å². The number of amides is 1. The minimum Gasteiger partial charge on any atom is -0.444 e. The number of nitrogens with one attached hydrogen (secondary N) is 1. The van der Waals surface area contributed by atoms with Gasteiger partial charge in [-0.3, -0.25) is 4.79 Å². The maximum Gasteiger partial charge on any atom is 0.410 e. The van der Waals surface area contributed by atoms with Gasteiger partial charge < -0.3 is 14.6 Å². The van der Waals surface area contributed by atoms with Gasteiger partial charge in [0.15, 0.2) is 0 Å². The van der Waals surface area contributed by atoms with Crippen LogP contribution in [0.25, 0.3) is 0 Å². The summed E-state index contributed by atoms with van der Waals surface area (Å²) in [5.41, 5.74) is 2.12. The van der Waals surface area contributed by atoms with E-state index in [2.05, 4.69) is 16.4 Å². The molecule has 6 nitrogen and oxygen atoms in total. The normalized spacial score (nSPS) is 20.8. The zero-order chi connectivity index (χ0) is 23.2. The molecule has 178 valence electrons. The molecule has 0 aromatic carbocycles. The number of carbonyl (C=O) groups excluding carboxylic acids is 1. The molecule has 2 fully saturated rings. The van der Waals surface area contributed by atoms with Crippen LogP contribution in [-0.4, -0.2) is 33.1 Å². The fourth-order valence-electron chi connectivity index (χ4n) is 5.31. The predicted molar refractivity (Wildman–Crippen MR) is 130 cm³/mol. The number of aromatic amines is 1. The van der Waals surface area contributed by atoms with Gasteiger partial charge in [-0.1, -0.05) is 19.3 Å². The van der Waals surface area contributed by atoms with E-state index in [1.54, 1.807) is 4.90 Å². The van der Waals surface area contributed by atoms with Crippen molar-refractivity contribution in [2.75, 3.05) is 6.54 Å². The number of H-pyrrole nitrogens is 1. The summed E-state index contributed by atoms with van der Waals surface area (Å²) in [4.78, 5) is 36.9. The van der Waals surface area contributed by atoms with Crippen LogP contribution in [0.5, 0.6) is 0 Å². The van der Waals surface area contributed by atoms with Gasteiger partial charge in [-0.15, -0.1) is 11.3 Å². The minimum atomic E-state index is -0.559. The summed E-state index contributed by atoms with van der Waals surface area (Å²) in [6, 6.07) is 2.39. The maximum atomic E-state index is 13.2. The van der Waals surface area contributed by atoms with Crippen molar-refractivity contribution in [2.45, 2.75) is 102 Å². The van der Waals surface area contributed by atoms with Gasteiger partial charge in [0, 0.05) is 11.4 Å². The van der Waals surface area contributed by atoms with Gasteiger partial charge in [-0.2, -0.15) is 0 Å². The fraction of sp³-hybridized carbons (Fsp3) is 0.654. The van der Waals surface area contributed by atoms with E-state index in [4.69, 9.17) is 9.72 Å². The van der Waals surface area contributed by atoms with Gasteiger partial charge in [0.05, 0.1) is 23.2 Å². The molecule has 0 saturated heterocycles. The van der Waals surface area contributed by atoms with Crippen LogP contribution < -0.4 is 5.56 Å². The molecule has 1 amide bonds. The number of fused-ring (bicyclic) bond motifs is 1. The zero-order valence-corrected chi connectivity index (χ0v) is 20.9. The third-order valence-corrected chi connectivity index (χ3v) is 8.47. The van der Waals surface area contributed by atoms with Crippen molar-refractivity contribution >= 4 is 17.4 Å². The molecule has 2 aliphatic carbocycles. The van der Waals surface area contributed by atoms with E-state index in [9.17, 15) is 9.59 Å². The number of ether oxygens (including phenoxy) is 1. The highest BCUT2D eigenvalue weighted by Gasteiger charge is 2.50. The molecule has 0 radical (unpaired) electrons. The Balaban J connectivity index is 1.40. The topological polar surface area (TPSA) is 75.3 Å². The fourth-order valence-corrected chi connectivity index (χ4v) is 6.56. The molecule has 2 saturated carbocycles. The van der Waals surface area contributed by atoms with E-state index in [1.165, 1.54) is 42.5 Å². The second-order valence-electron chi connectivity index (χ2n) is 11.0. The standard InChI is InChI=1S/C26H35N3O3S/c1-25(2,3)32-24(31)29-13-7-10-20-19(15-29)22(30)28-23(27-20)26(11-12-26)21-14-18(16-33-21)17-8-5-4-6-9-17/h14,16-17H,4-13,15H2,1-3H3,(H,27,28,30). The first-order valence-corrected chi connectivity index (χ1v) is 13.3. The van der Waals surface area contributed by atoms with Crippen molar-refractivity contribution in [3.63, 3.8) is 0 Å². The number of rotatable bonds is 3. The Morgan fingerprint density at radius 1 is 1.21 bits per heavy atom. The third kappa shape index (κ3) is 4.61. The lowest BCUT2D eigenvalue weighted by molar-refractivity contribution is 0.0236. The molecule has 33 heavy (non-hydrogen) atoms. The Labute approximate surface area is 199 Å². The molecule has 0 spiro atoms. The second kappa shape index (κ2) is 8.57. The monoisotopic (exact) mass is 469 g/mol. The minimum absolute atomic E-state index is 0.110. The smallest absolute Gasteiger partial charge is 0.410 e. The molecule has 3 aliphatic rings. The van der Waals surface area contributed by atoms with Gasteiger partial charge in [0.2, 0.25) is 0 Å². The van der Waals surface area contributed by atoms with E-state index in [0.717, 1.165) is 30.8 Å². The number of hydrogen-bond acceptors (Lipinski definition) is 5. The first kappa shape index (κ1) is 22.6. The van der Waals surface area contributed by atoms with Crippen molar-refractivity contribution in [1.29, 1.82) is 0 Å². The second-order valence-corrected chi connectivity index (χ2v) is 11.9. The third-order valence-electron chi connectivity index (χ3n) is 7.31. The summed E-state index contributed by atoms with van der Waals surface area (Å²) in [5, 5.41) is 2.34. The van der Waals surface area contributed by atoms with Crippen molar-refractivity contribution < 1.29 is 9.53 Å². The molecule has 7 heteroatoms. The quantitative estimate of drug-likeness (QED) is 0.631. The lowest BCUT2D eigenvalue weighted by Gasteiger charge is -2.26. The number of aromatic nitrogens is 2. The lowest BCUT2D eigenvalue weighted by Crippen LogP contribution is -2.37. The van der Waals surface area contributed by atoms with E-state index in [0.29, 0.717) is 24.4 Å². The van der Waals surface area contributed by atoms with Crippen LogP contribution in [0.4, 0.5) is 4.79 Å². The number of aryl methyl sites for hydroxylation is 1. The molecule has 2 aromatic heterocycles. The van der Waals surface area contributed by atoms with E-state index < -0.39 is 5.60 Å². The van der Waals surface area contributed by atoms with E-state index in [-0.39, 0.29) is 23.6 Å². The van der Waals surface area contributed by atoms with Gasteiger partial charge in [0.1, 0.15) is 11.4 Å². The van der Waals surface area contributed by atoms with Gasteiger partial charge in [0.25, 0.3) is 5.56 Å². The maximum absolute atomic E-state index is 13.2. The molecular formula is C26H35N3O3S. The van der Waals surface area contributed by atoms with Crippen LogP contribution in [0.15, 0.2) is 16.2 Å². The summed E-state index contributed by atoms with van der Waals surface area (Å²) in [7, 11) is 0. The lowest BCUT2D eigenvalue weighted by atomic mass is 9.85. The van der Waals surface area contributed by atoms with Crippen LogP contribution >= 0.6 is 11.3 Å². The van der Waals surface area contributed by atoms with Crippen molar-refractivity contribution in [2.24, 2.45) is 0 Å². The summed E-state index contributed by atoms with van der Waals surface area (Å²) in [5.74, 6) is 1.51. The summed E-state index contributed by atoms with van der Waals surface area (Å²) >= 11 is 1.83. The Bertz CT molecular complexity index is 1090. The van der Waals surface area contributed by atoms with Crippen LogP contribution in [0, 0.1) is 0 Å². The summed E-state index contributed by atoms with van der Waals surface area (Å²) in [6.07, 6.45) is 9.81. The molecule has 0 bridgehead atoms. The number of thiophene rings is 1. The molecule has 0 unspecified atom stereocenters. The molecule has 3 heterocycles. The first-order valence-electron chi connectivity index (χ1n) is 12.4. The van der Waals surface area contributed by atoms with E-state index in [1.807, 2.05) is 32.1 Å². The predicted octanol–water partition coefficient (Wildman–Crippen LogP) is 5.64. The average Bonchev–Trinajstić information content (AvgIpc) is 3.48. The molecular weight excluding hydrogens is 434 g/mol. The zero-order valence-electron chi connectivity index (χ0n) is 20.0. The molecule has 1 N–H and O–H groups in total. The number of nitrogens with zero attached hydrogens (tertiary/aromatic N) is 2. The van der Waals surface area contributed by atoms with Crippen LogP contribution in [0.2, 0.25) is 0 Å². The Morgan fingerprint density at radius 3 is 2.67 bits per heavy atom. The molecule has 2 aromatic rings. The van der Waals surface area contributed by atoms with Gasteiger partial charge >= 0.3 is 6.09 Å². The highest BCUT2D eigenvalue weighted by Crippen LogP contribution is 2.54. The highest BCUT2D eigenvalue weighted by molar-refractivity contribution is 7.10. The number of carbonyl (C=O) groups is 1. The van der Waals surface area contributed by atoms with Gasteiger partial charge in [-0.05, 0) is 82.2 Å². The largest absolute Gasteiger partial charge is 0.444 e. The van der Waals surface area contributed by atoms with Crippen molar-refractivity contribution in [3.05, 3.63) is 49.3 Å². The Kier molecular flexibility index (Phi) is 5.88. The highest BCUT2D eigenvalue weighted by atomic mass is 32.1. The summed E-state index contributed by atoms with van der Waals surface area (Å²) in [6.45, 7) is 6.40. The SMILES string of the molecule is CC(C)(C)OC(=O)N1CCCc2nc(C3(c4cc(C5CCCCC5)cs4)CC3)[nH]c(=O)c2C1. The molecule has 5 rings (SSSR count). The average molecular weight is 470 g/mol. The molecule has 0 atom stereocenters. The summed E-state index contributed by atoms with van der Waals surface area (Å²) < 4.78 is 5.54. The van der Waals surface area contributed by atoms with Crippen molar-refractivity contribution in [1.82, 2.24) is 14.9 Å². The van der Waals surface area contributed by atoms with Crippen LogP contribution in [0.1, 0.15) is 106 Å². The first-order chi connectivity index (χ1) is 15.7. The van der Waals surface area contributed by atoms with Crippen LogP contribution in [-0.2, 0) is 23.1 Å². The van der Waals surface area contributed by atoms with Crippen molar-refractivity contribution in [3.8, 4) is 0 Å². The van der Waals surface area contributed by atoms with Gasteiger partial charge in [-0.25, -0.2) is 9.78 Å². The Morgan fingerprint density at radius 2 is 1.97 bits per heavy atom.